The topological polar surface area (TPSA) is 41.6 Å². The summed E-state index contributed by atoms with van der Waals surface area (Å²) in [6.07, 6.45) is 7.97. The normalized spacial score (nSPS) is 28.0. The van der Waals surface area contributed by atoms with Crippen molar-refractivity contribution in [2.45, 2.75) is 52.4 Å². The van der Waals surface area contributed by atoms with Crippen LogP contribution in [-0.2, 0) is 0 Å². The number of piperidine rings is 1. The summed E-state index contributed by atoms with van der Waals surface area (Å²) in [4.78, 5) is 6.93. The maximum atomic E-state index is 6.12. The van der Waals surface area contributed by atoms with E-state index in [1.54, 1.807) is 0 Å². The second-order valence-corrected chi connectivity index (χ2v) is 6.39. The lowest BCUT2D eigenvalue weighted by Crippen LogP contribution is -2.44. The number of hydrogen-bond donors (Lipinski definition) is 1. The van der Waals surface area contributed by atoms with Gasteiger partial charge in [-0.25, -0.2) is 0 Å². The summed E-state index contributed by atoms with van der Waals surface area (Å²) < 4.78 is 0. The molecule has 0 aromatic rings. The van der Waals surface area contributed by atoms with Gasteiger partial charge in [-0.2, -0.15) is 0 Å². The summed E-state index contributed by atoms with van der Waals surface area (Å²) in [6.45, 7) is 7.76. The molecule has 2 N–H and O–H groups in total. The van der Waals surface area contributed by atoms with E-state index in [4.69, 9.17) is 5.73 Å². The molecule has 106 valence electrons. The molecule has 1 atom stereocenters. The highest BCUT2D eigenvalue weighted by Crippen LogP contribution is 2.37. The van der Waals surface area contributed by atoms with Crippen molar-refractivity contribution in [2.75, 3.05) is 19.6 Å². The Morgan fingerprint density at radius 2 is 2.00 bits per heavy atom. The van der Waals surface area contributed by atoms with Crippen LogP contribution in [0.5, 0.6) is 0 Å². The predicted molar refractivity (Wildman–Crippen MR) is 88.5 cm³/mol. The summed E-state index contributed by atoms with van der Waals surface area (Å²) in [5, 5.41) is 0. The van der Waals surface area contributed by atoms with E-state index in [1.807, 2.05) is 0 Å². The Morgan fingerprint density at radius 3 is 2.61 bits per heavy atom. The van der Waals surface area contributed by atoms with E-state index in [9.17, 15) is 0 Å². The van der Waals surface area contributed by atoms with Crippen LogP contribution in [0.25, 0.3) is 0 Å². The number of aliphatic imine (C=N–C) groups is 1. The van der Waals surface area contributed by atoms with Crippen LogP contribution in [0.1, 0.15) is 52.4 Å². The maximum absolute atomic E-state index is 6.12. The van der Waals surface area contributed by atoms with Crippen LogP contribution in [0.2, 0.25) is 0 Å². The fraction of sp³-hybridized carbons (Fsp3) is 0.929. The van der Waals surface area contributed by atoms with E-state index in [2.05, 4.69) is 23.7 Å². The van der Waals surface area contributed by atoms with Gasteiger partial charge in [0.05, 0.1) is 0 Å². The van der Waals surface area contributed by atoms with Gasteiger partial charge in [0, 0.05) is 19.6 Å². The van der Waals surface area contributed by atoms with Crippen molar-refractivity contribution in [3.05, 3.63) is 0 Å². The highest BCUT2D eigenvalue weighted by atomic mass is 127. The molecule has 2 rings (SSSR count). The molecule has 1 saturated carbocycles. The first-order valence-corrected chi connectivity index (χ1v) is 7.14. The molecule has 1 aliphatic carbocycles. The van der Waals surface area contributed by atoms with Gasteiger partial charge < -0.3 is 10.6 Å². The largest absolute Gasteiger partial charge is 0.370 e. The molecule has 0 spiro atoms. The quantitative estimate of drug-likeness (QED) is 0.464. The Labute approximate surface area is 129 Å². The molecule has 3 nitrogen and oxygen atoms in total. The number of nitrogens with two attached hydrogens (primary N) is 1. The zero-order valence-electron chi connectivity index (χ0n) is 11.8. The molecule has 4 heteroatoms. The average molecular weight is 365 g/mol. The standard InChI is InChI=1S/C14H27N3.HI/c1-12-6-5-9-17(10-12)13(15)16-11-14(2)7-3-4-8-14;/h12H,3-11H2,1-2H3,(H2,15,16);1H. The Morgan fingerprint density at radius 1 is 1.33 bits per heavy atom. The first-order valence-electron chi connectivity index (χ1n) is 7.14. The van der Waals surface area contributed by atoms with Gasteiger partial charge in [-0.15, -0.1) is 24.0 Å². The molecule has 2 aliphatic rings. The van der Waals surface area contributed by atoms with Crippen molar-refractivity contribution in [3.63, 3.8) is 0 Å². The van der Waals surface area contributed by atoms with Crippen LogP contribution in [0, 0.1) is 11.3 Å². The van der Waals surface area contributed by atoms with Gasteiger partial charge in [0.2, 0.25) is 0 Å². The molecular weight excluding hydrogens is 337 g/mol. The Kier molecular flexibility index (Phi) is 6.21. The molecule has 1 heterocycles. The van der Waals surface area contributed by atoms with Gasteiger partial charge in [-0.05, 0) is 37.0 Å². The van der Waals surface area contributed by atoms with Crippen molar-refractivity contribution in [3.8, 4) is 0 Å². The third-order valence-corrected chi connectivity index (χ3v) is 4.41. The summed E-state index contributed by atoms with van der Waals surface area (Å²) in [5.41, 5.74) is 6.55. The zero-order valence-corrected chi connectivity index (χ0v) is 14.2. The summed E-state index contributed by atoms with van der Waals surface area (Å²) >= 11 is 0. The van der Waals surface area contributed by atoms with Crippen LogP contribution in [-0.4, -0.2) is 30.5 Å². The van der Waals surface area contributed by atoms with Gasteiger partial charge in [-0.3, -0.25) is 4.99 Å². The van der Waals surface area contributed by atoms with Crippen LogP contribution < -0.4 is 5.73 Å². The zero-order chi connectivity index (χ0) is 12.3. The molecule has 2 fully saturated rings. The van der Waals surface area contributed by atoms with Crippen molar-refractivity contribution >= 4 is 29.9 Å². The minimum absolute atomic E-state index is 0. The Bertz CT molecular complexity index is 285. The van der Waals surface area contributed by atoms with Crippen molar-refractivity contribution in [1.82, 2.24) is 4.90 Å². The van der Waals surface area contributed by atoms with Gasteiger partial charge in [-0.1, -0.05) is 26.7 Å². The summed E-state index contributed by atoms with van der Waals surface area (Å²) in [5.74, 6) is 1.55. The SMILES string of the molecule is CC1CCCN(C(N)=NCC2(C)CCCC2)C1.I. The highest BCUT2D eigenvalue weighted by Gasteiger charge is 2.28. The maximum Gasteiger partial charge on any atom is 0.191 e. The van der Waals surface area contributed by atoms with Crippen molar-refractivity contribution < 1.29 is 0 Å². The molecule has 0 radical (unpaired) electrons. The second-order valence-electron chi connectivity index (χ2n) is 6.39. The molecular formula is C14H28IN3. The lowest BCUT2D eigenvalue weighted by atomic mass is 9.89. The first-order chi connectivity index (χ1) is 8.09. The number of nitrogens with zero attached hydrogens (tertiary/aromatic N) is 2. The Hall–Kier alpha value is 0. The number of halogens is 1. The monoisotopic (exact) mass is 365 g/mol. The number of rotatable bonds is 2. The average Bonchev–Trinajstić information content (AvgIpc) is 2.74. The molecule has 0 amide bonds. The van der Waals surface area contributed by atoms with Crippen LogP contribution in [0.15, 0.2) is 4.99 Å². The second kappa shape index (κ2) is 6.96. The lowest BCUT2D eigenvalue weighted by Gasteiger charge is -2.32. The van der Waals surface area contributed by atoms with Gasteiger partial charge in [0.15, 0.2) is 5.96 Å². The molecule has 1 saturated heterocycles. The number of guanidine groups is 1. The van der Waals surface area contributed by atoms with Gasteiger partial charge >= 0.3 is 0 Å². The van der Waals surface area contributed by atoms with Crippen molar-refractivity contribution in [2.24, 2.45) is 22.1 Å². The highest BCUT2D eigenvalue weighted by molar-refractivity contribution is 14.0. The fourth-order valence-electron chi connectivity index (χ4n) is 3.16. The number of hydrogen-bond acceptors (Lipinski definition) is 1. The third kappa shape index (κ3) is 4.28. The summed E-state index contributed by atoms with van der Waals surface area (Å²) in [6, 6.07) is 0. The third-order valence-electron chi connectivity index (χ3n) is 4.41. The molecule has 0 aromatic carbocycles. The van der Waals surface area contributed by atoms with E-state index >= 15 is 0 Å². The van der Waals surface area contributed by atoms with E-state index in [0.717, 1.165) is 31.5 Å². The van der Waals surface area contributed by atoms with E-state index in [0.29, 0.717) is 5.41 Å². The van der Waals surface area contributed by atoms with Crippen molar-refractivity contribution in [1.29, 1.82) is 0 Å². The minimum Gasteiger partial charge on any atom is -0.370 e. The Balaban J connectivity index is 0.00000162. The molecule has 0 aromatic heterocycles. The number of likely N-dealkylation sites (tertiary alicyclic amines) is 1. The van der Waals surface area contributed by atoms with Gasteiger partial charge in [0.1, 0.15) is 0 Å². The molecule has 0 bridgehead atoms. The minimum atomic E-state index is 0. The van der Waals surface area contributed by atoms with E-state index in [1.165, 1.54) is 38.5 Å². The van der Waals surface area contributed by atoms with Crippen LogP contribution in [0.3, 0.4) is 0 Å². The fourth-order valence-corrected chi connectivity index (χ4v) is 3.16. The summed E-state index contributed by atoms with van der Waals surface area (Å²) in [7, 11) is 0. The molecule has 18 heavy (non-hydrogen) atoms. The predicted octanol–water partition coefficient (Wildman–Crippen LogP) is 3.23. The van der Waals surface area contributed by atoms with E-state index < -0.39 is 0 Å². The smallest absolute Gasteiger partial charge is 0.191 e. The van der Waals surface area contributed by atoms with E-state index in [-0.39, 0.29) is 24.0 Å². The molecule has 1 unspecified atom stereocenters. The van der Waals surface area contributed by atoms with Crippen LogP contribution >= 0.6 is 24.0 Å². The van der Waals surface area contributed by atoms with Crippen LogP contribution in [0.4, 0.5) is 0 Å². The molecule has 1 aliphatic heterocycles. The van der Waals surface area contributed by atoms with Gasteiger partial charge in [0.25, 0.3) is 0 Å². The first kappa shape index (κ1) is 16.1. The lowest BCUT2D eigenvalue weighted by molar-refractivity contribution is 0.268.